The second kappa shape index (κ2) is 37.4. The summed E-state index contributed by atoms with van der Waals surface area (Å²) in [5.41, 5.74) is -3.03. The van der Waals surface area contributed by atoms with E-state index in [1.54, 1.807) is 49.3 Å². The summed E-state index contributed by atoms with van der Waals surface area (Å²) in [7, 11) is 3.29. The molecule has 2 heterocycles. The summed E-state index contributed by atoms with van der Waals surface area (Å²) in [6.07, 6.45) is -0.528. The van der Waals surface area contributed by atoms with E-state index in [4.69, 9.17) is 51.9 Å². The van der Waals surface area contributed by atoms with Crippen LogP contribution in [0.3, 0.4) is 0 Å². The van der Waals surface area contributed by atoms with Crippen molar-refractivity contribution in [2.75, 3.05) is 97.2 Å². The minimum Gasteiger partial charge on any atom is -0.465 e. The lowest BCUT2D eigenvalue weighted by atomic mass is 9.57. The predicted molar refractivity (Wildman–Crippen MR) is 341 cm³/mol. The standard InChI is InChI=1S/C61H95N7O17S4/c1-9-48(72)82-33-35-88-87-34-32-79-27-13-16-49(73)84-37-44-42-17-19-45-46(20-18-43(42)44)68(67-66-45)25-29-81-50(74)21-22-59(5,62-8)39-60(6,58(3,4)38-61(7,57(78)63-23-26-69)89-55(86)41-14-11-10-12-15-41)56(77)64-24-28-80-30-31-83-54-51(65-40(2)71)53(76)52(75)47(36-70)85-54/h10-12,14-15,42-47,51-54,69-70,75-76H,9,13,16-39H2,1-7H3,(H,63,78)(H,64,77)(H,65,71)/t42?,43?,44?,45?,46?,47-,51-,52?,53-,54-,59?,60?,61?/m1/s1. The maximum Gasteiger partial charge on any atom is 0.306 e. The highest BCUT2D eigenvalue weighted by atomic mass is 33.1. The van der Waals surface area contributed by atoms with Gasteiger partial charge in [0.1, 0.15) is 37.6 Å². The number of esters is 3. The normalized spacial score (nSPS) is 25.0. The van der Waals surface area contributed by atoms with Gasteiger partial charge in [-0.1, -0.05) is 102 Å². The fourth-order valence-corrected chi connectivity index (χ4v) is 15.5. The summed E-state index contributed by atoms with van der Waals surface area (Å²) in [6, 6.07) is 8.15. The van der Waals surface area contributed by atoms with Crippen LogP contribution in [0.25, 0.3) is 4.85 Å². The molecule has 9 unspecified atom stereocenters. The number of rotatable bonds is 40. The van der Waals surface area contributed by atoms with Crippen LogP contribution in [0, 0.1) is 35.2 Å². The van der Waals surface area contributed by atoms with Gasteiger partial charge in [-0.15, -0.1) is 0 Å². The Hall–Kier alpha value is -4.25. The molecule has 5 rings (SSSR count). The number of thioether (sulfide) groups is 1. The van der Waals surface area contributed by atoms with Crippen LogP contribution in [0.1, 0.15) is 125 Å². The Kier molecular flexibility index (Phi) is 31.8. The highest BCUT2D eigenvalue weighted by molar-refractivity contribution is 8.76. The van der Waals surface area contributed by atoms with Gasteiger partial charge in [0.05, 0.1) is 85.7 Å². The zero-order valence-corrected chi connectivity index (χ0v) is 55.8. The van der Waals surface area contributed by atoms with Gasteiger partial charge in [0.25, 0.3) is 0 Å². The predicted octanol–water partition coefficient (Wildman–Crippen LogP) is 5.40. The molecule has 1 saturated heterocycles. The summed E-state index contributed by atoms with van der Waals surface area (Å²) in [4.78, 5) is 82.5. The number of aliphatic hydroxyl groups excluding tert-OH is 4. The van der Waals surface area contributed by atoms with Gasteiger partial charge in [0.2, 0.25) is 23.3 Å². The lowest BCUT2D eigenvalue weighted by Gasteiger charge is -2.48. The van der Waals surface area contributed by atoms with Gasteiger partial charge in [-0.25, -0.2) is 6.57 Å². The van der Waals surface area contributed by atoms with Gasteiger partial charge in [-0.3, -0.25) is 33.8 Å². The highest BCUT2D eigenvalue weighted by Crippen LogP contribution is 2.55. The molecule has 4 aliphatic rings. The van der Waals surface area contributed by atoms with E-state index in [1.807, 2.05) is 49.2 Å². The zero-order chi connectivity index (χ0) is 65.2. The number of thiocarbonyl (C=S) groups is 1. The second-order valence-corrected chi connectivity index (χ2v) is 29.2. The Balaban J connectivity index is 1.13. The van der Waals surface area contributed by atoms with Crippen molar-refractivity contribution in [3.8, 4) is 0 Å². The van der Waals surface area contributed by atoms with Crippen LogP contribution in [0.2, 0.25) is 0 Å². The first-order chi connectivity index (χ1) is 42.4. The van der Waals surface area contributed by atoms with E-state index in [2.05, 4.69) is 31.1 Å². The van der Waals surface area contributed by atoms with Gasteiger partial charge in [-0.2, -0.15) is 5.11 Å². The van der Waals surface area contributed by atoms with E-state index < -0.39 is 82.1 Å². The van der Waals surface area contributed by atoms with Crippen molar-refractivity contribution >= 4 is 85.4 Å². The smallest absolute Gasteiger partial charge is 0.306 e. The largest absolute Gasteiger partial charge is 0.465 e. The molecule has 3 amide bonds. The number of amides is 3. The van der Waals surface area contributed by atoms with Crippen molar-refractivity contribution in [1.82, 2.24) is 21.0 Å². The molecule has 0 spiro atoms. The minimum absolute atomic E-state index is 0.00482. The number of hydrogen-bond donors (Lipinski definition) is 7. The van der Waals surface area contributed by atoms with E-state index in [9.17, 15) is 49.2 Å². The molecule has 2 aliphatic heterocycles. The lowest BCUT2D eigenvalue weighted by Crippen LogP contribution is -2.64. The number of hydrogen-bond acceptors (Lipinski definition) is 24. The van der Waals surface area contributed by atoms with Gasteiger partial charge in [0, 0.05) is 70.7 Å². The monoisotopic (exact) mass is 1330 g/mol. The summed E-state index contributed by atoms with van der Waals surface area (Å²) in [5, 5.41) is 59.7. The number of benzene rings is 1. The van der Waals surface area contributed by atoms with E-state index in [0.717, 1.165) is 42.8 Å². The van der Waals surface area contributed by atoms with Crippen LogP contribution in [-0.2, 0) is 61.9 Å². The van der Waals surface area contributed by atoms with Crippen LogP contribution in [-0.4, -0.2) is 215 Å². The van der Waals surface area contributed by atoms with Crippen LogP contribution in [0.5, 0.6) is 0 Å². The first-order valence-corrected chi connectivity index (χ1v) is 34.6. The van der Waals surface area contributed by atoms with Crippen LogP contribution >= 0.6 is 45.6 Å². The number of aliphatic hydroxyl groups is 4. The summed E-state index contributed by atoms with van der Waals surface area (Å²) in [6.45, 7) is 21.7. The maximum absolute atomic E-state index is 14.9. The Morgan fingerprint density at radius 3 is 2.16 bits per heavy atom. The molecule has 3 fully saturated rings. The van der Waals surface area contributed by atoms with Crippen molar-refractivity contribution < 1.29 is 82.4 Å². The van der Waals surface area contributed by atoms with Crippen molar-refractivity contribution in [1.29, 1.82) is 0 Å². The SMILES string of the molecule is [C-]#[N+]C(C)(CCC(=O)OCCN1N=NC2CCC3C(CCC21)C3COC(=O)CCCOCCSSCCOC(=O)CC)CC(C)(C(=O)NCCOCCO[C@@H]1O[C@H](CO)C(O)[C@H](O)[C@H]1NC(C)=O)C(C)(C)CC(C)(SC(=S)c1ccccc1)C(=O)NCCO. The molecule has 500 valence electrons. The second-order valence-electron chi connectivity index (χ2n) is 24.3. The summed E-state index contributed by atoms with van der Waals surface area (Å²) < 4.78 is 38.6. The zero-order valence-electron chi connectivity index (χ0n) is 52.6. The third kappa shape index (κ3) is 23.4. The average Bonchev–Trinajstić information content (AvgIpc) is 1.72. The molecule has 89 heavy (non-hydrogen) atoms. The molecule has 0 aromatic heterocycles. The van der Waals surface area contributed by atoms with Crippen molar-refractivity contribution in [2.24, 2.45) is 38.9 Å². The van der Waals surface area contributed by atoms with Crippen LogP contribution in [0.4, 0.5) is 0 Å². The number of nitrogens with zero attached hydrogens (tertiary/aromatic N) is 4. The number of nitrogens with one attached hydrogen (secondary N) is 3. The quantitative estimate of drug-likeness (QED) is 0.0108. The molecule has 13 atom stereocenters. The lowest BCUT2D eigenvalue weighted by molar-refractivity contribution is -0.272. The van der Waals surface area contributed by atoms with Gasteiger partial charge in [-0.05, 0) is 81.1 Å². The Morgan fingerprint density at radius 2 is 1.47 bits per heavy atom. The average molecular weight is 1330 g/mol. The molecular weight excluding hydrogens is 1230 g/mol. The minimum atomic E-state index is -1.49. The fraction of sp³-hybridized carbons (Fsp3) is 0.770. The van der Waals surface area contributed by atoms with Crippen LogP contribution in [0.15, 0.2) is 40.7 Å². The summed E-state index contributed by atoms with van der Waals surface area (Å²) in [5.74, 6) is 0.493. The van der Waals surface area contributed by atoms with Gasteiger partial charge >= 0.3 is 17.9 Å². The molecule has 2 aliphatic carbocycles. The number of fused-ring (bicyclic) bond motifs is 2. The highest BCUT2D eigenvalue weighted by Gasteiger charge is 2.57. The van der Waals surface area contributed by atoms with E-state index in [-0.39, 0.29) is 95.8 Å². The van der Waals surface area contributed by atoms with Crippen molar-refractivity contribution in [3.63, 3.8) is 0 Å². The maximum atomic E-state index is 14.9. The molecular formula is C61H95N7O17S4. The number of carbonyl (C=O) groups is 6. The Labute approximate surface area is 541 Å². The molecule has 24 nitrogen and oxygen atoms in total. The van der Waals surface area contributed by atoms with E-state index >= 15 is 0 Å². The molecule has 28 heteroatoms. The fourth-order valence-electron chi connectivity index (χ4n) is 11.8. The topological polar surface area (TPSA) is 316 Å². The molecule has 2 saturated carbocycles. The third-order valence-corrected chi connectivity index (χ3v) is 21.2. The first-order valence-electron chi connectivity index (χ1n) is 30.8. The van der Waals surface area contributed by atoms with Crippen LogP contribution < -0.4 is 16.0 Å². The van der Waals surface area contributed by atoms with Crippen molar-refractivity contribution in [2.45, 2.75) is 172 Å². The Bertz CT molecular complexity index is 2520. The molecule has 0 bridgehead atoms. The molecule has 1 aromatic rings. The van der Waals surface area contributed by atoms with E-state index in [1.165, 1.54) is 18.7 Å². The Morgan fingerprint density at radius 1 is 0.798 bits per heavy atom. The first kappa shape index (κ1) is 75.5. The summed E-state index contributed by atoms with van der Waals surface area (Å²) >= 11 is 7.06. The number of carbonyl (C=O) groups excluding carboxylic acids is 6. The number of ether oxygens (including phenoxy) is 7. The molecule has 1 aromatic carbocycles. The molecule has 0 radical (unpaired) electrons. The van der Waals surface area contributed by atoms with E-state index in [0.29, 0.717) is 74.2 Å². The van der Waals surface area contributed by atoms with Gasteiger partial charge < -0.3 is 74.4 Å². The van der Waals surface area contributed by atoms with Crippen molar-refractivity contribution in [3.05, 3.63) is 47.3 Å². The molecule has 7 N–H and O–H groups in total. The third-order valence-electron chi connectivity index (χ3n) is 17.2. The van der Waals surface area contributed by atoms with Gasteiger partial charge in [0.15, 0.2) is 6.29 Å².